The molecule has 0 amide bonds. The van der Waals surface area contributed by atoms with E-state index < -0.39 is 0 Å². The van der Waals surface area contributed by atoms with Gasteiger partial charge in [-0.1, -0.05) is 0 Å². The monoisotopic (exact) mass is 270 g/mol. The molecule has 1 aliphatic carbocycles. The highest BCUT2D eigenvalue weighted by atomic mass is 79.9. The average Bonchev–Trinajstić information content (AvgIpc) is 3.02. The number of aromatic nitrogens is 1. The van der Waals surface area contributed by atoms with Gasteiger partial charge in [-0.05, 0) is 48.5 Å². The van der Waals surface area contributed by atoms with Crippen LogP contribution in [0.2, 0.25) is 0 Å². The molecule has 1 unspecified atom stereocenters. The van der Waals surface area contributed by atoms with Gasteiger partial charge in [-0.15, -0.1) is 0 Å². The maximum Gasteiger partial charge on any atom is 0.142 e. The summed E-state index contributed by atoms with van der Waals surface area (Å²) < 4.78 is 6.79. The minimum absolute atomic E-state index is 0.266. The van der Waals surface area contributed by atoms with E-state index in [-0.39, 0.29) is 6.10 Å². The van der Waals surface area contributed by atoms with Gasteiger partial charge in [0.2, 0.25) is 0 Å². The molecule has 0 radical (unpaired) electrons. The first-order valence-corrected chi connectivity index (χ1v) is 5.96. The fourth-order valence-corrected chi connectivity index (χ4v) is 2.06. The normalized spacial score (nSPS) is 17.5. The van der Waals surface area contributed by atoms with Crippen molar-refractivity contribution in [2.75, 3.05) is 5.73 Å². The summed E-state index contributed by atoms with van der Waals surface area (Å²) in [6, 6.07) is 0. The van der Waals surface area contributed by atoms with E-state index in [2.05, 4.69) is 27.8 Å². The fraction of sp³-hybridized carbons (Fsp3) is 0.545. The first kappa shape index (κ1) is 10.7. The molecule has 15 heavy (non-hydrogen) atoms. The molecule has 0 bridgehead atoms. The van der Waals surface area contributed by atoms with Crippen LogP contribution in [0.5, 0.6) is 5.75 Å². The number of rotatable bonds is 3. The maximum absolute atomic E-state index is 5.91. The van der Waals surface area contributed by atoms with Crippen molar-refractivity contribution in [2.24, 2.45) is 5.92 Å². The average molecular weight is 271 g/mol. The van der Waals surface area contributed by atoms with Gasteiger partial charge in [0.05, 0.1) is 10.6 Å². The second-order valence-electron chi connectivity index (χ2n) is 4.11. The molecule has 82 valence electrons. The molecule has 4 heteroatoms. The van der Waals surface area contributed by atoms with Gasteiger partial charge in [-0.3, -0.25) is 0 Å². The van der Waals surface area contributed by atoms with E-state index in [0.717, 1.165) is 15.8 Å². The predicted octanol–water partition coefficient (Wildman–Crippen LogP) is 2.91. The minimum atomic E-state index is 0.266. The van der Waals surface area contributed by atoms with Crippen molar-refractivity contribution >= 4 is 21.7 Å². The van der Waals surface area contributed by atoms with Crippen molar-refractivity contribution in [1.82, 2.24) is 4.98 Å². The molecule has 1 aliphatic rings. The van der Waals surface area contributed by atoms with Crippen molar-refractivity contribution in [3.8, 4) is 5.75 Å². The van der Waals surface area contributed by atoms with Gasteiger partial charge in [0.25, 0.3) is 0 Å². The molecular formula is C11H15BrN2O. The van der Waals surface area contributed by atoms with E-state index in [0.29, 0.717) is 11.7 Å². The van der Waals surface area contributed by atoms with E-state index in [9.17, 15) is 0 Å². The molecule has 1 saturated carbocycles. The molecule has 1 aromatic heterocycles. The lowest BCUT2D eigenvalue weighted by Gasteiger charge is -2.17. The number of nitrogen functional groups attached to an aromatic ring is 1. The molecule has 0 spiro atoms. The number of pyridine rings is 1. The molecule has 2 N–H and O–H groups in total. The quantitative estimate of drug-likeness (QED) is 0.919. The standard InChI is InChI=1S/C11H15BrN2O/c1-6-10(9(12)5-14-11(6)13)15-7(2)8-3-4-8/h5,7-8H,3-4H2,1-2H3,(H2,13,14). The van der Waals surface area contributed by atoms with Crippen LogP contribution in [0.1, 0.15) is 25.3 Å². The Balaban J connectivity index is 2.22. The van der Waals surface area contributed by atoms with Crippen LogP contribution < -0.4 is 10.5 Å². The van der Waals surface area contributed by atoms with Crippen LogP contribution in [0, 0.1) is 12.8 Å². The number of nitrogens with zero attached hydrogens (tertiary/aromatic N) is 1. The topological polar surface area (TPSA) is 48.1 Å². The van der Waals surface area contributed by atoms with E-state index in [1.165, 1.54) is 12.8 Å². The van der Waals surface area contributed by atoms with Crippen molar-refractivity contribution in [2.45, 2.75) is 32.8 Å². The summed E-state index contributed by atoms with van der Waals surface area (Å²) in [6.07, 6.45) is 4.51. The maximum atomic E-state index is 5.91. The van der Waals surface area contributed by atoms with Gasteiger partial charge in [-0.25, -0.2) is 4.98 Å². The first-order valence-electron chi connectivity index (χ1n) is 5.17. The van der Waals surface area contributed by atoms with Crippen molar-refractivity contribution in [1.29, 1.82) is 0 Å². The number of hydrogen-bond donors (Lipinski definition) is 1. The summed E-state index contributed by atoms with van der Waals surface area (Å²) in [7, 11) is 0. The predicted molar refractivity (Wildman–Crippen MR) is 63.9 cm³/mol. The molecule has 2 rings (SSSR count). The van der Waals surface area contributed by atoms with Crippen molar-refractivity contribution < 1.29 is 4.74 Å². The summed E-state index contributed by atoms with van der Waals surface area (Å²) in [4.78, 5) is 4.06. The second kappa shape index (κ2) is 4.00. The van der Waals surface area contributed by atoms with Gasteiger partial charge in [-0.2, -0.15) is 0 Å². The van der Waals surface area contributed by atoms with Crippen LogP contribution in [0.3, 0.4) is 0 Å². The zero-order valence-corrected chi connectivity index (χ0v) is 10.5. The number of hydrogen-bond acceptors (Lipinski definition) is 3. The third kappa shape index (κ3) is 2.25. The number of halogens is 1. The van der Waals surface area contributed by atoms with Crippen LogP contribution in [0.25, 0.3) is 0 Å². The molecular weight excluding hydrogens is 256 g/mol. The molecule has 3 nitrogen and oxygen atoms in total. The Morgan fingerprint density at radius 1 is 1.60 bits per heavy atom. The molecule has 0 saturated heterocycles. The van der Waals surface area contributed by atoms with E-state index >= 15 is 0 Å². The second-order valence-corrected chi connectivity index (χ2v) is 4.96. The Kier molecular flexibility index (Phi) is 2.87. The minimum Gasteiger partial charge on any atom is -0.489 e. The lowest BCUT2D eigenvalue weighted by molar-refractivity contribution is 0.195. The van der Waals surface area contributed by atoms with Crippen molar-refractivity contribution in [3.05, 3.63) is 16.2 Å². The third-order valence-electron chi connectivity index (χ3n) is 2.85. The molecule has 1 heterocycles. The lowest BCUT2D eigenvalue weighted by Crippen LogP contribution is -2.15. The Labute approximate surface area is 98.2 Å². The summed E-state index contributed by atoms with van der Waals surface area (Å²) in [5.41, 5.74) is 6.66. The van der Waals surface area contributed by atoms with E-state index in [4.69, 9.17) is 10.5 Å². The van der Waals surface area contributed by atoms with E-state index in [1.807, 2.05) is 6.92 Å². The molecule has 1 atom stereocenters. The van der Waals surface area contributed by atoms with Crippen LogP contribution in [-0.2, 0) is 0 Å². The van der Waals surface area contributed by atoms with Crippen LogP contribution in [0.15, 0.2) is 10.7 Å². The van der Waals surface area contributed by atoms with E-state index in [1.54, 1.807) is 6.20 Å². The Hall–Kier alpha value is -0.770. The highest BCUT2D eigenvalue weighted by Gasteiger charge is 2.30. The molecule has 1 aromatic rings. The lowest BCUT2D eigenvalue weighted by atomic mass is 10.2. The first-order chi connectivity index (χ1) is 7.09. The highest BCUT2D eigenvalue weighted by molar-refractivity contribution is 9.10. The Bertz CT molecular complexity index is 377. The smallest absolute Gasteiger partial charge is 0.142 e. The Morgan fingerprint density at radius 3 is 2.87 bits per heavy atom. The number of ether oxygens (including phenoxy) is 1. The van der Waals surface area contributed by atoms with Crippen molar-refractivity contribution in [3.63, 3.8) is 0 Å². The van der Waals surface area contributed by atoms with Gasteiger partial charge in [0, 0.05) is 11.8 Å². The number of nitrogens with two attached hydrogens (primary N) is 1. The summed E-state index contributed by atoms with van der Waals surface area (Å²) in [5, 5.41) is 0. The highest BCUT2D eigenvalue weighted by Crippen LogP contribution is 2.38. The SMILES string of the molecule is Cc1c(N)ncc(Br)c1OC(C)C1CC1. The van der Waals surface area contributed by atoms with Gasteiger partial charge in [0.15, 0.2) is 0 Å². The fourth-order valence-electron chi connectivity index (χ4n) is 1.57. The third-order valence-corrected chi connectivity index (χ3v) is 3.41. The van der Waals surface area contributed by atoms with Gasteiger partial charge in [0.1, 0.15) is 11.6 Å². The molecule has 1 fully saturated rings. The largest absolute Gasteiger partial charge is 0.489 e. The summed E-state index contributed by atoms with van der Waals surface area (Å²) >= 11 is 3.44. The molecule has 0 aromatic carbocycles. The summed E-state index contributed by atoms with van der Waals surface area (Å²) in [5.74, 6) is 2.09. The zero-order valence-electron chi connectivity index (χ0n) is 8.96. The van der Waals surface area contributed by atoms with Crippen LogP contribution in [0.4, 0.5) is 5.82 Å². The summed E-state index contributed by atoms with van der Waals surface area (Å²) in [6.45, 7) is 4.04. The zero-order chi connectivity index (χ0) is 11.0. The van der Waals surface area contributed by atoms with Gasteiger partial charge >= 0.3 is 0 Å². The van der Waals surface area contributed by atoms with Crippen LogP contribution in [-0.4, -0.2) is 11.1 Å². The number of anilines is 1. The Morgan fingerprint density at radius 2 is 2.27 bits per heavy atom. The van der Waals surface area contributed by atoms with Crippen LogP contribution >= 0.6 is 15.9 Å². The molecule has 0 aliphatic heterocycles. The van der Waals surface area contributed by atoms with Gasteiger partial charge < -0.3 is 10.5 Å².